The van der Waals surface area contributed by atoms with Gasteiger partial charge in [-0.25, -0.2) is 4.79 Å². The first kappa shape index (κ1) is 13.7. The summed E-state index contributed by atoms with van der Waals surface area (Å²) >= 11 is 3.35. The first-order valence-corrected chi connectivity index (χ1v) is 6.14. The minimum absolute atomic E-state index is 0.188. The van der Waals surface area contributed by atoms with Crippen LogP contribution in [0.25, 0.3) is 0 Å². The Labute approximate surface area is 108 Å². The Morgan fingerprint density at radius 3 is 2.65 bits per heavy atom. The molecule has 92 valence electrons. The molecule has 0 atom stereocenters. The lowest BCUT2D eigenvalue weighted by Gasteiger charge is -2.09. The molecule has 0 aliphatic carbocycles. The van der Waals surface area contributed by atoms with Gasteiger partial charge in [0.2, 0.25) is 0 Å². The third-order valence-corrected chi connectivity index (χ3v) is 2.65. The molecule has 0 bridgehead atoms. The van der Waals surface area contributed by atoms with Gasteiger partial charge in [-0.3, -0.25) is 4.79 Å². The highest BCUT2D eigenvalue weighted by molar-refractivity contribution is 9.10. The number of carbonyl (C=O) groups is 2. The Hall–Kier alpha value is -1.36. The fraction of sp³-hybridized carbons (Fsp3) is 0.333. The number of halogens is 1. The number of carbonyl (C=O) groups excluding carboxylic acids is 2. The van der Waals surface area contributed by atoms with Crippen molar-refractivity contribution in [1.29, 1.82) is 0 Å². The predicted octanol–water partition coefficient (Wildman–Crippen LogP) is 2.51. The highest BCUT2D eigenvalue weighted by atomic mass is 79.9. The van der Waals surface area contributed by atoms with E-state index in [4.69, 9.17) is 0 Å². The number of benzene rings is 1. The van der Waals surface area contributed by atoms with Crippen molar-refractivity contribution in [2.45, 2.75) is 20.3 Å². The molecule has 0 aliphatic heterocycles. The summed E-state index contributed by atoms with van der Waals surface area (Å²) in [5.74, 6) is -1.61. The van der Waals surface area contributed by atoms with Crippen LogP contribution in [0.5, 0.6) is 0 Å². The third-order valence-electron chi connectivity index (χ3n) is 2.16. The first-order valence-electron chi connectivity index (χ1n) is 5.35. The van der Waals surface area contributed by atoms with Crippen LogP contribution in [0.2, 0.25) is 0 Å². The summed E-state index contributed by atoms with van der Waals surface area (Å²) in [5.41, 5.74) is 1.59. The number of rotatable bonds is 3. The zero-order chi connectivity index (χ0) is 12.8. The Bertz CT molecular complexity index is 432. The van der Waals surface area contributed by atoms with Gasteiger partial charge in [-0.05, 0) is 37.1 Å². The fourth-order valence-electron chi connectivity index (χ4n) is 1.35. The van der Waals surface area contributed by atoms with Crippen molar-refractivity contribution in [2.75, 3.05) is 11.9 Å². The molecule has 1 amide bonds. The Morgan fingerprint density at radius 2 is 2.06 bits per heavy atom. The number of anilines is 1. The standard InChI is InChI=1S/C12H14BrNO3/c1-3-8-7-9(13)5-6-10(8)14-11(15)12(16)17-4-2/h5-7H,3-4H2,1-2H3,(H,14,15). The summed E-state index contributed by atoms with van der Waals surface area (Å²) in [6.45, 7) is 3.82. The molecule has 0 fully saturated rings. The summed E-state index contributed by atoms with van der Waals surface area (Å²) in [6.07, 6.45) is 0.762. The first-order chi connectivity index (χ1) is 8.08. The van der Waals surface area contributed by atoms with E-state index in [0.29, 0.717) is 5.69 Å². The molecule has 0 aliphatic rings. The molecular weight excluding hydrogens is 286 g/mol. The second kappa shape index (κ2) is 6.39. The van der Waals surface area contributed by atoms with Gasteiger partial charge in [-0.2, -0.15) is 0 Å². The van der Waals surface area contributed by atoms with Crippen molar-refractivity contribution in [3.05, 3.63) is 28.2 Å². The molecule has 5 heteroatoms. The number of hydrogen-bond acceptors (Lipinski definition) is 3. The topological polar surface area (TPSA) is 55.4 Å². The minimum atomic E-state index is -0.863. The van der Waals surface area contributed by atoms with Crippen LogP contribution in [0, 0.1) is 0 Å². The smallest absolute Gasteiger partial charge is 0.397 e. The molecule has 4 nitrogen and oxygen atoms in total. The van der Waals surface area contributed by atoms with Gasteiger partial charge < -0.3 is 10.1 Å². The molecule has 0 spiro atoms. The molecule has 1 rings (SSSR count). The molecule has 1 N–H and O–H groups in total. The number of aryl methyl sites for hydroxylation is 1. The van der Waals surface area contributed by atoms with E-state index >= 15 is 0 Å². The van der Waals surface area contributed by atoms with E-state index in [0.717, 1.165) is 16.5 Å². The monoisotopic (exact) mass is 299 g/mol. The van der Waals surface area contributed by atoms with E-state index < -0.39 is 11.9 Å². The maximum Gasteiger partial charge on any atom is 0.397 e. The van der Waals surface area contributed by atoms with Crippen LogP contribution < -0.4 is 5.32 Å². The maximum absolute atomic E-state index is 11.5. The lowest BCUT2D eigenvalue weighted by atomic mass is 10.1. The molecule has 0 radical (unpaired) electrons. The molecule has 0 aromatic heterocycles. The van der Waals surface area contributed by atoms with Crippen molar-refractivity contribution < 1.29 is 14.3 Å². The van der Waals surface area contributed by atoms with E-state index in [2.05, 4.69) is 26.0 Å². The molecule has 1 aromatic carbocycles. The lowest BCUT2D eigenvalue weighted by molar-refractivity contribution is -0.152. The molecule has 0 saturated carbocycles. The average molecular weight is 300 g/mol. The van der Waals surface area contributed by atoms with E-state index in [9.17, 15) is 9.59 Å². The number of ether oxygens (including phenoxy) is 1. The van der Waals surface area contributed by atoms with Crippen LogP contribution in [0.4, 0.5) is 5.69 Å². The van der Waals surface area contributed by atoms with Crippen molar-refractivity contribution in [1.82, 2.24) is 0 Å². The predicted molar refractivity (Wildman–Crippen MR) is 68.8 cm³/mol. The summed E-state index contributed by atoms with van der Waals surface area (Å²) in [7, 11) is 0. The van der Waals surface area contributed by atoms with Crippen molar-refractivity contribution in [3.63, 3.8) is 0 Å². The maximum atomic E-state index is 11.5. The van der Waals surface area contributed by atoms with E-state index in [1.807, 2.05) is 13.0 Å². The Kier molecular flexibility index (Phi) is 5.15. The molecule has 0 unspecified atom stereocenters. The van der Waals surface area contributed by atoms with Crippen molar-refractivity contribution in [3.8, 4) is 0 Å². The largest absolute Gasteiger partial charge is 0.459 e. The molecular formula is C12H14BrNO3. The third kappa shape index (κ3) is 3.85. The van der Waals surface area contributed by atoms with Crippen LogP contribution in [0.15, 0.2) is 22.7 Å². The van der Waals surface area contributed by atoms with Gasteiger partial charge in [0, 0.05) is 10.2 Å². The molecule has 17 heavy (non-hydrogen) atoms. The summed E-state index contributed by atoms with van der Waals surface area (Å²) in [5, 5.41) is 2.54. The van der Waals surface area contributed by atoms with Gasteiger partial charge in [-0.1, -0.05) is 22.9 Å². The van der Waals surface area contributed by atoms with Gasteiger partial charge in [-0.15, -0.1) is 0 Å². The molecule has 0 saturated heterocycles. The van der Waals surface area contributed by atoms with Crippen LogP contribution in [0.3, 0.4) is 0 Å². The van der Waals surface area contributed by atoms with E-state index in [-0.39, 0.29) is 6.61 Å². The fourth-order valence-corrected chi connectivity index (χ4v) is 1.76. The van der Waals surface area contributed by atoms with Crippen LogP contribution in [-0.2, 0) is 20.7 Å². The normalized spacial score (nSPS) is 9.82. The number of esters is 1. The minimum Gasteiger partial charge on any atom is -0.459 e. The summed E-state index contributed by atoms with van der Waals surface area (Å²) in [6, 6.07) is 5.46. The van der Waals surface area contributed by atoms with Crippen LogP contribution in [-0.4, -0.2) is 18.5 Å². The van der Waals surface area contributed by atoms with Crippen molar-refractivity contribution >= 4 is 33.5 Å². The second-order valence-corrected chi connectivity index (χ2v) is 4.25. The van der Waals surface area contributed by atoms with Gasteiger partial charge in [0.05, 0.1) is 6.61 Å². The van der Waals surface area contributed by atoms with Gasteiger partial charge >= 0.3 is 11.9 Å². The number of hydrogen-bond donors (Lipinski definition) is 1. The molecule has 0 heterocycles. The SMILES string of the molecule is CCOC(=O)C(=O)Nc1ccc(Br)cc1CC. The van der Waals surface area contributed by atoms with Gasteiger partial charge in [0.15, 0.2) is 0 Å². The Morgan fingerprint density at radius 1 is 1.35 bits per heavy atom. The summed E-state index contributed by atoms with van der Waals surface area (Å²) in [4.78, 5) is 22.6. The zero-order valence-corrected chi connectivity index (χ0v) is 11.3. The highest BCUT2D eigenvalue weighted by Crippen LogP contribution is 2.21. The van der Waals surface area contributed by atoms with Crippen LogP contribution in [0.1, 0.15) is 19.4 Å². The number of nitrogens with one attached hydrogen (secondary N) is 1. The summed E-state index contributed by atoms with van der Waals surface area (Å²) < 4.78 is 5.55. The number of amides is 1. The van der Waals surface area contributed by atoms with Gasteiger partial charge in [0.1, 0.15) is 0 Å². The Balaban J connectivity index is 2.81. The van der Waals surface area contributed by atoms with Crippen LogP contribution >= 0.6 is 15.9 Å². The van der Waals surface area contributed by atoms with E-state index in [1.54, 1.807) is 19.1 Å². The van der Waals surface area contributed by atoms with E-state index in [1.165, 1.54) is 0 Å². The lowest BCUT2D eigenvalue weighted by Crippen LogP contribution is -2.25. The van der Waals surface area contributed by atoms with Gasteiger partial charge in [0.25, 0.3) is 0 Å². The molecule has 1 aromatic rings. The van der Waals surface area contributed by atoms with Crippen molar-refractivity contribution in [2.24, 2.45) is 0 Å². The average Bonchev–Trinajstić information content (AvgIpc) is 2.31. The highest BCUT2D eigenvalue weighted by Gasteiger charge is 2.15. The quantitative estimate of drug-likeness (QED) is 0.689. The second-order valence-electron chi connectivity index (χ2n) is 3.33. The zero-order valence-electron chi connectivity index (χ0n) is 9.75.